The molecule has 1 heterocycles. The number of likely N-dealkylation sites (tertiary alicyclic amines) is 1. The molecule has 0 saturated carbocycles. The molecule has 0 radical (unpaired) electrons. The maximum absolute atomic E-state index is 12.5. The van der Waals surface area contributed by atoms with Crippen LogP contribution in [0, 0.1) is 12.8 Å². The zero-order chi connectivity index (χ0) is 19.6. The first-order valence-corrected chi connectivity index (χ1v) is 9.99. The number of nitrogens with one attached hydrogen (secondary N) is 2. The zero-order valence-electron chi connectivity index (χ0n) is 16.8. The SMILES string of the molecule is CCOCCCNC(=O)C1CCN(C(=O)NC(C)c2ccccc2C)CC1. The quantitative estimate of drug-likeness (QED) is 0.686. The van der Waals surface area contributed by atoms with Gasteiger partial charge in [0.15, 0.2) is 0 Å². The first-order valence-electron chi connectivity index (χ1n) is 9.99. The third-order valence-electron chi connectivity index (χ3n) is 5.12. The van der Waals surface area contributed by atoms with Crippen LogP contribution in [0.15, 0.2) is 24.3 Å². The third-order valence-corrected chi connectivity index (χ3v) is 5.12. The van der Waals surface area contributed by atoms with Crippen LogP contribution in [-0.4, -0.2) is 49.7 Å². The van der Waals surface area contributed by atoms with Crippen molar-refractivity contribution in [2.75, 3.05) is 32.8 Å². The lowest BCUT2D eigenvalue weighted by Crippen LogP contribution is -2.47. The number of hydrogen-bond donors (Lipinski definition) is 2. The number of urea groups is 1. The fourth-order valence-corrected chi connectivity index (χ4v) is 3.45. The van der Waals surface area contributed by atoms with Gasteiger partial charge in [0.05, 0.1) is 6.04 Å². The zero-order valence-corrected chi connectivity index (χ0v) is 16.8. The molecule has 2 N–H and O–H groups in total. The Kier molecular flexibility index (Phi) is 8.58. The van der Waals surface area contributed by atoms with Crippen molar-refractivity contribution >= 4 is 11.9 Å². The Labute approximate surface area is 162 Å². The number of rotatable bonds is 8. The number of nitrogens with zero attached hydrogens (tertiary/aromatic N) is 1. The molecule has 0 aromatic heterocycles. The van der Waals surface area contributed by atoms with E-state index < -0.39 is 0 Å². The molecule has 1 aromatic rings. The van der Waals surface area contributed by atoms with Crippen molar-refractivity contribution in [3.05, 3.63) is 35.4 Å². The molecule has 0 bridgehead atoms. The van der Waals surface area contributed by atoms with Crippen LogP contribution in [0.3, 0.4) is 0 Å². The van der Waals surface area contributed by atoms with E-state index in [1.807, 2.05) is 36.9 Å². The highest BCUT2D eigenvalue weighted by Gasteiger charge is 2.27. The van der Waals surface area contributed by atoms with Gasteiger partial charge in [0.1, 0.15) is 0 Å². The van der Waals surface area contributed by atoms with E-state index in [9.17, 15) is 9.59 Å². The monoisotopic (exact) mass is 375 g/mol. The summed E-state index contributed by atoms with van der Waals surface area (Å²) < 4.78 is 5.27. The Morgan fingerprint density at radius 1 is 1.26 bits per heavy atom. The molecule has 3 amide bonds. The maximum atomic E-state index is 12.5. The lowest BCUT2D eigenvalue weighted by molar-refractivity contribution is -0.126. The third kappa shape index (κ3) is 6.54. The van der Waals surface area contributed by atoms with Crippen molar-refractivity contribution in [3.63, 3.8) is 0 Å². The van der Waals surface area contributed by atoms with E-state index in [-0.39, 0.29) is 23.9 Å². The fourth-order valence-electron chi connectivity index (χ4n) is 3.45. The molecule has 0 spiro atoms. The van der Waals surface area contributed by atoms with Gasteiger partial charge >= 0.3 is 6.03 Å². The van der Waals surface area contributed by atoms with Gasteiger partial charge in [-0.05, 0) is 51.2 Å². The van der Waals surface area contributed by atoms with Gasteiger partial charge in [0.25, 0.3) is 0 Å². The molecular weight excluding hydrogens is 342 g/mol. The summed E-state index contributed by atoms with van der Waals surface area (Å²) in [7, 11) is 0. The summed E-state index contributed by atoms with van der Waals surface area (Å²) in [4.78, 5) is 26.6. The number of amides is 3. The smallest absolute Gasteiger partial charge is 0.317 e. The highest BCUT2D eigenvalue weighted by atomic mass is 16.5. The number of ether oxygens (including phenoxy) is 1. The number of piperidine rings is 1. The highest BCUT2D eigenvalue weighted by molar-refractivity contribution is 5.79. The standard InChI is InChI=1S/C21H33N3O3/c1-4-27-15-7-12-22-20(25)18-10-13-24(14-11-18)21(26)23-17(3)19-9-6-5-8-16(19)2/h5-6,8-9,17-18H,4,7,10-15H2,1-3H3,(H,22,25)(H,23,26). The largest absolute Gasteiger partial charge is 0.382 e. The molecule has 6 heteroatoms. The van der Waals surface area contributed by atoms with Crippen LogP contribution in [0.1, 0.15) is 50.3 Å². The van der Waals surface area contributed by atoms with E-state index in [0.29, 0.717) is 45.7 Å². The van der Waals surface area contributed by atoms with Gasteiger partial charge in [0.2, 0.25) is 5.91 Å². The van der Waals surface area contributed by atoms with Gasteiger partial charge in [-0.1, -0.05) is 24.3 Å². The number of hydrogen-bond acceptors (Lipinski definition) is 3. The predicted molar refractivity (Wildman–Crippen MR) is 107 cm³/mol. The molecule has 1 fully saturated rings. The fraction of sp³-hybridized carbons (Fsp3) is 0.619. The molecule has 6 nitrogen and oxygen atoms in total. The minimum Gasteiger partial charge on any atom is -0.382 e. The summed E-state index contributed by atoms with van der Waals surface area (Å²) in [6, 6.07) is 7.99. The molecule has 1 saturated heterocycles. The molecule has 1 aliphatic rings. The van der Waals surface area contributed by atoms with Gasteiger partial charge in [-0.15, -0.1) is 0 Å². The van der Waals surface area contributed by atoms with Crippen molar-refractivity contribution in [1.82, 2.24) is 15.5 Å². The molecule has 1 aliphatic heterocycles. The molecular formula is C21H33N3O3. The normalized spacial score (nSPS) is 16.0. The van der Waals surface area contributed by atoms with Crippen LogP contribution < -0.4 is 10.6 Å². The van der Waals surface area contributed by atoms with Gasteiger partial charge in [-0.3, -0.25) is 4.79 Å². The highest BCUT2D eigenvalue weighted by Crippen LogP contribution is 2.20. The second kappa shape index (κ2) is 10.9. The van der Waals surface area contributed by atoms with Crippen molar-refractivity contribution in [2.24, 2.45) is 5.92 Å². The van der Waals surface area contributed by atoms with Crippen LogP contribution in [0.5, 0.6) is 0 Å². The van der Waals surface area contributed by atoms with Crippen LogP contribution in [0.25, 0.3) is 0 Å². The predicted octanol–water partition coefficient (Wildman–Crippen LogP) is 3.02. The second-order valence-electron chi connectivity index (χ2n) is 7.13. The Hall–Kier alpha value is -2.08. The van der Waals surface area contributed by atoms with E-state index in [1.165, 1.54) is 5.56 Å². The molecule has 150 valence electrons. The summed E-state index contributed by atoms with van der Waals surface area (Å²) in [6.07, 6.45) is 2.25. The first kappa shape index (κ1) is 21.2. The van der Waals surface area contributed by atoms with Gasteiger partial charge < -0.3 is 20.3 Å². The first-order chi connectivity index (χ1) is 13.0. The number of carbonyl (C=O) groups excluding carboxylic acids is 2. The van der Waals surface area contributed by atoms with Gasteiger partial charge in [-0.2, -0.15) is 0 Å². The number of benzene rings is 1. The van der Waals surface area contributed by atoms with Crippen LogP contribution in [-0.2, 0) is 9.53 Å². The summed E-state index contributed by atoms with van der Waals surface area (Å²) in [5.74, 6) is 0.0924. The van der Waals surface area contributed by atoms with E-state index >= 15 is 0 Å². The minimum atomic E-state index is -0.0543. The van der Waals surface area contributed by atoms with Crippen LogP contribution in [0.2, 0.25) is 0 Å². The Morgan fingerprint density at radius 3 is 2.63 bits per heavy atom. The number of aryl methyl sites for hydroxylation is 1. The average molecular weight is 376 g/mol. The topological polar surface area (TPSA) is 70.7 Å². The average Bonchev–Trinajstić information content (AvgIpc) is 2.68. The molecule has 27 heavy (non-hydrogen) atoms. The van der Waals surface area contributed by atoms with Crippen molar-refractivity contribution in [1.29, 1.82) is 0 Å². The molecule has 1 atom stereocenters. The van der Waals surface area contributed by atoms with Gasteiger partial charge in [-0.25, -0.2) is 4.79 Å². The van der Waals surface area contributed by atoms with Crippen molar-refractivity contribution in [3.8, 4) is 0 Å². The van der Waals surface area contributed by atoms with E-state index in [4.69, 9.17) is 4.74 Å². The summed E-state index contributed by atoms with van der Waals surface area (Å²) in [5.41, 5.74) is 2.30. The van der Waals surface area contributed by atoms with Gasteiger partial charge in [0, 0.05) is 38.8 Å². The lowest BCUT2D eigenvalue weighted by Gasteiger charge is -2.32. The van der Waals surface area contributed by atoms with Crippen molar-refractivity contribution in [2.45, 2.75) is 46.1 Å². The lowest BCUT2D eigenvalue weighted by atomic mass is 9.96. The van der Waals surface area contributed by atoms with Crippen molar-refractivity contribution < 1.29 is 14.3 Å². The Morgan fingerprint density at radius 2 is 1.96 bits per heavy atom. The maximum Gasteiger partial charge on any atom is 0.317 e. The van der Waals surface area contributed by atoms with E-state index in [2.05, 4.69) is 23.6 Å². The molecule has 1 unspecified atom stereocenters. The van der Waals surface area contributed by atoms with Crippen LogP contribution >= 0.6 is 0 Å². The second-order valence-corrected chi connectivity index (χ2v) is 7.13. The number of carbonyl (C=O) groups is 2. The summed E-state index contributed by atoms with van der Waals surface area (Å²) in [5, 5.41) is 6.05. The van der Waals surface area contributed by atoms with E-state index in [1.54, 1.807) is 0 Å². The van der Waals surface area contributed by atoms with Crippen LogP contribution in [0.4, 0.5) is 4.79 Å². The summed E-state index contributed by atoms with van der Waals surface area (Å²) >= 11 is 0. The minimum absolute atomic E-state index is 0.00469. The summed E-state index contributed by atoms with van der Waals surface area (Å²) in [6.45, 7) is 9.27. The van der Waals surface area contributed by atoms with E-state index in [0.717, 1.165) is 12.0 Å². The molecule has 2 rings (SSSR count). The Bertz CT molecular complexity index is 612. The Balaban J connectivity index is 1.72. The molecule has 1 aromatic carbocycles. The molecule has 0 aliphatic carbocycles.